The van der Waals surface area contributed by atoms with E-state index in [9.17, 15) is 4.79 Å². The summed E-state index contributed by atoms with van der Waals surface area (Å²) in [5.74, 6) is 0.0271. The van der Waals surface area contributed by atoms with Crippen molar-refractivity contribution in [1.29, 1.82) is 0 Å². The molecule has 0 aliphatic carbocycles. The molecule has 1 aromatic heterocycles. The molecule has 1 amide bonds. The van der Waals surface area contributed by atoms with Gasteiger partial charge in [-0.15, -0.1) is 24.8 Å². The number of hydrogen-bond donors (Lipinski definition) is 2. The van der Waals surface area contributed by atoms with Crippen molar-refractivity contribution in [1.82, 2.24) is 10.3 Å². The van der Waals surface area contributed by atoms with E-state index in [4.69, 9.17) is 0 Å². The third-order valence-electron chi connectivity index (χ3n) is 2.07. The van der Waals surface area contributed by atoms with Gasteiger partial charge in [-0.1, -0.05) is 0 Å². The van der Waals surface area contributed by atoms with E-state index >= 15 is 0 Å². The van der Waals surface area contributed by atoms with Crippen LogP contribution >= 0.6 is 24.8 Å². The Morgan fingerprint density at radius 3 is 2.73 bits per heavy atom. The van der Waals surface area contributed by atoms with Gasteiger partial charge in [0.2, 0.25) is 5.91 Å². The molecule has 0 unspecified atom stereocenters. The summed E-state index contributed by atoms with van der Waals surface area (Å²) in [5, 5.41) is 5.81. The number of nitrogens with one attached hydrogen (secondary N) is 2. The topological polar surface area (TPSA) is 54.0 Å². The predicted octanol–water partition coefficient (Wildman–Crippen LogP) is 1.23. The SMILES string of the molecule is Cl.Cl.O=C(Nc1cccnc1)[C@H]1CCN1. The molecule has 0 bridgehead atoms. The lowest BCUT2D eigenvalue weighted by Gasteiger charge is -2.26. The highest BCUT2D eigenvalue weighted by Crippen LogP contribution is 2.07. The van der Waals surface area contributed by atoms with Gasteiger partial charge in [0.25, 0.3) is 0 Å². The highest BCUT2D eigenvalue weighted by Gasteiger charge is 2.24. The lowest BCUT2D eigenvalue weighted by atomic mass is 10.1. The largest absolute Gasteiger partial charge is 0.323 e. The summed E-state index contributed by atoms with van der Waals surface area (Å²) < 4.78 is 0. The first-order chi connectivity index (χ1) is 6.36. The fraction of sp³-hybridized carbons (Fsp3) is 0.333. The fourth-order valence-corrected chi connectivity index (χ4v) is 1.18. The number of amides is 1. The second-order valence-electron chi connectivity index (χ2n) is 3.03. The Balaban J connectivity index is 0.000000980. The molecule has 1 saturated heterocycles. The average Bonchev–Trinajstić information content (AvgIpc) is 2.02. The summed E-state index contributed by atoms with van der Waals surface area (Å²) in [6.45, 7) is 0.936. The number of nitrogens with zero attached hydrogens (tertiary/aromatic N) is 1. The zero-order valence-electron chi connectivity index (χ0n) is 7.97. The minimum absolute atomic E-state index is 0. The van der Waals surface area contributed by atoms with Gasteiger partial charge in [0.1, 0.15) is 0 Å². The standard InChI is InChI=1S/C9H11N3O.2ClH/c13-9(8-3-5-11-8)12-7-2-1-4-10-6-7;;/h1-2,4,6,8,11H,3,5H2,(H,12,13);2*1H/t8-;;/m1../s1. The summed E-state index contributed by atoms with van der Waals surface area (Å²) in [5.41, 5.74) is 0.751. The summed E-state index contributed by atoms with van der Waals surface area (Å²) in [4.78, 5) is 15.3. The van der Waals surface area contributed by atoms with Crippen molar-refractivity contribution in [3.63, 3.8) is 0 Å². The number of rotatable bonds is 2. The molecule has 0 aromatic carbocycles. The van der Waals surface area contributed by atoms with Crippen molar-refractivity contribution in [2.24, 2.45) is 0 Å². The highest BCUT2D eigenvalue weighted by atomic mass is 35.5. The number of hydrogen-bond acceptors (Lipinski definition) is 3. The minimum Gasteiger partial charge on any atom is -0.323 e. The van der Waals surface area contributed by atoms with Crippen molar-refractivity contribution < 1.29 is 4.79 Å². The van der Waals surface area contributed by atoms with Crippen LogP contribution in [0.1, 0.15) is 6.42 Å². The highest BCUT2D eigenvalue weighted by molar-refractivity contribution is 5.95. The van der Waals surface area contributed by atoms with E-state index in [0.29, 0.717) is 0 Å². The molecule has 84 valence electrons. The first-order valence-electron chi connectivity index (χ1n) is 4.30. The molecule has 4 nitrogen and oxygen atoms in total. The second-order valence-corrected chi connectivity index (χ2v) is 3.03. The molecule has 15 heavy (non-hydrogen) atoms. The lowest BCUT2D eigenvalue weighted by Crippen LogP contribution is -2.50. The number of carbonyl (C=O) groups excluding carboxylic acids is 1. The van der Waals surface area contributed by atoms with E-state index in [-0.39, 0.29) is 36.8 Å². The molecule has 1 aliphatic heterocycles. The van der Waals surface area contributed by atoms with E-state index in [2.05, 4.69) is 15.6 Å². The van der Waals surface area contributed by atoms with Gasteiger partial charge >= 0.3 is 0 Å². The van der Waals surface area contributed by atoms with Crippen molar-refractivity contribution in [3.05, 3.63) is 24.5 Å². The van der Waals surface area contributed by atoms with E-state index in [1.807, 2.05) is 6.07 Å². The quantitative estimate of drug-likeness (QED) is 0.829. The summed E-state index contributed by atoms with van der Waals surface area (Å²) in [7, 11) is 0. The smallest absolute Gasteiger partial charge is 0.241 e. The van der Waals surface area contributed by atoms with Gasteiger partial charge in [0.15, 0.2) is 0 Å². The minimum atomic E-state index is -0.0137. The van der Waals surface area contributed by atoms with Crippen molar-refractivity contribution in [2.75, 3.05) is 11.9 Å². The molecule has 2 rings (SSSR count). The Hall–Kier alpha value is -0.840. The van der Waals surface area contributed by atoms with Gasteiger partial charge < -0.3 is 10.6 Å². The van der Waals surface area contributed by atoms with Crippen molar-refractivity contribution in [3.8, 4) is 0 Å². The Morgan fingerprint density at radius 1 is 1.53 bits per heavy atom. The van der Waals surface area contributed by atoms with E-state index in [1.165, 1.54) is 0 Å². The zero-order chi connectivity index (χ0) is 9.10. The Bertz CT molecular complexity index is 303. The average molecular weight is 250 g/mol. The van der Waals surface area contributed by atoms with Crippen LogP contribution in [0.25, 0.3) is 0 Å². The maximum absolute atomic E-state index is 11.4. The maximum atomic E-state index is 11.4. The van der Waals surface area contributed by atoms with Crippen LogP contribution in [-0.2, 0) is 4.79 Å². The van der Waals surface area contributed by atoms with Crippen LogP contribution in [0, 0.1) is 0 Å². The Kier molecular flexibility index (Phi) is 6.24. The van der Waals surface area contributed by atoms with Crippen LogP contribution in [0.2, 0.25) is 0 Å². The summed E-state index contributed by atoms with van der Waals surface area (Å²) in [6, 6.07) is 3.60. The molecule has 0 saturated carbocycles. The molecule has 0 spiro atoms. The van der Waals surface area contributed by atoms with Gasteiger partial charge in [-0.2, -0.15) is 0 Å². The van der Waals surface area contributed by atoms with Crippen LogP contribution in [0.15, 0.2) is 24.5 Å². The van der Waals surface area contributed by atoms with Crippen molar-refractivity contribution in [2.45, 2.75) is 12.5 Å². The molecule has 2 heterocycles. The second kappa shape index (κ2) is 6.61. The van der Waals surface area contributed by atoms with Crippen LogP contribution in [0.3, 0.4) is 0 Å². The summed E-state index contributed by atoms with van der Waals surface area (Å²) in [6.07, 6.45) is 4.24. The van der Waals surface area contributed by atoms with Gasteiger partial charge in [-0.25, -0.2) is 0 Å². The number of carbonyl (C=O) groups is 1. The number of halogens is 2. The van der Waals surface area contributed by atoms with Crippen LogP contribution < -0.4 is 10.6 Å². The van der Waals surface area contributed by atoms with Crippen LogP contribution in [0.5, 0.6) is 0 Å². The van der Waals surface area contributed by atoms with Gasteiger partial charge in [-0.3, -0.25) is 9.78 Å². The van der Waals surface area contributed by atoms with Gasteiger partial charge in [0.05, 0.1) is 17.9 Å². The third kappa shape index (κ3) is 3.66. The molecule has 0 radical (unpaired) electrons. The van der Waals surface area contributed by atoms with Crippen LogP contribution in [-0.4, -0.2) is 23.5 Å². The first-order valence-corrected chi connectivity index (χ1v) is 4.30. The van der Waals surface area contributed by atoms with E-state index in [1.54, 1.807) is 18.5 Å². The van der Waals surface area contributed by atoms with Gasteiger partial charge in [-0.05, 0) is 25.1 Å². The molecule has 1 fully saturated rings. The molecule has 1 aliphatic rings. The fourth-order valence-electron chi connectivity index (χ4n) is 1.18. The first kappa shape index (κ1) is 14.2. The molecule has 1 aromatic rings. The van der Waals surface area contributed by atoms with Gasteiger partial charge in [0, 0.05) is 6.20 Å². The third-order valence-corrected chi connectivity index (χ3v) is 2.07. The van der Waals surface area contributed by atoms with E-state index in [0.717, 1.165) is 18.7 Å². The van der Waals surface area contributed by atoms with E-state index < -0.39 is 0 Å². The summed E-state index contributed by atoms with van der Waals surface area (Å²) >= 11 is 0. The monoisotopic (exact) mass is 249 g/mol. The Morgan fingerprint density at radius 2 is 2.27 bits per heavy atom. The van der Waals surface area contributed by atoms with Crippen molar-refractivity contribution >= 4 is 36.4 Å². The molecular formula is C9H13Cl2N3O. The molecule has 6 heteroatoms. The number of aromatic nitrogens is 1. The predicted molar refractivity (Wildman–Crippen MR) is 63.8 cm³/mol. The normalized spacial score (nSPS) is 17.7. The molecule has 2 N–H and O–H groups in total. The maximum Gasteiger partial charge on any atom is 0.241 e. The van der Waals surface area contributed by atoms with Crippen LogP contribution in [0.4, 0.5) is 5.69 Å². The Labute approximate surface area is 101 Å². The number of pyridine rings is 1. The lowest BCUT2D eigenvalue weighted by molar-refractivity contribution is -0.119. The molecular weight excluding hydrogens is 237 g/mol. The molecule has 1 atom stereocenters. The number of anilines is 1. The zero-order valence-corrected chi connectivity index (χ0v) is 9.61.